The molecule has 0 saturated carbocycles. The number of rotatable bonds is 6. The van der Waals surface area contributed by atoms with Crippen LogP contribution in [0, 0.1) is 0 Å². The van der Waals surface area contributed by atoms with E-state index in [0.29, 0.717) is 31.2 Å². The first-order valence-corrected chi connectivity index (χ1v) is 12.0. The number of aliphatic hydroxyl groups excluding tert-OH is 1. The van der Waals surface area contributed by atoms with Crippen LogP contribution in [0.1, 0.15) is 37.8 Å². The fourth-order valence-corrected chi connectivity index (χ4v) is 5.49. The molecule has 2 aliphatic rings. The van der Waals surface area contributed by atoms with Crippen molar-refractivity contribution in [2.75, 3.05) is 25.0 Å². The van der Waals surface area contributed by atoms with Crippen LogP contribution in [0.15, 0.2) is 39.5 Å². The number of carbonyl (C=O) groups is 1. The van der Waals surface area contributed by atoms with Crippen molar-refractivity contribution in [3.8, 4) is 22.8 Å². The zero-order valence-corrected chi connectivity index (χ0v) is 20.2. The molecule has 1 aliphatic carbocycles. The molecule has 1 aliphatic heterocycles. The quantitative estimate of drug-likeness (QED) is 0.518. The molecule has 1 aromatic carbocycles. The topological polar surface area (TPSA) is 104 Å². The Bertz CT molecular complexity index is 1210. The minimum Gasteiger partial charge on any atom is -0.395 e. The number of aliphatic hydroxyl groups is 1. The molecule has 2 aromatic heterocycles. The maximum absolute atomic E-state index is 12.5. The van der Waals surface area contributed by atoms with Crippen LogP contribution < -0.4 is 5.32 Å². The van der Waals surface area contributed by atoms with Gasteiger partial charge in [-0.1, -0.05) is 23.4 Å². The third-order valence-electron chi connectivity index (χ3n) is 6.49. The number of pyridine rings is 1. The van der Waals surface area contributed by atoms with E-state index >= 15 is 0 Å². The lowest BCUT2D eigenvalue weighted by Crippen LogP contribution is -2.32. The second kappa shape index (κ2) is 8.53. The highest BCUT2D eigenvalue weighted by Crippen LogP contribution is 2.48. The van der Waals surface area contributed by atoms with E-state index in [-0.39, 0.29) is 24.0 Å². The minimum absolute atomic E-state index is 0.0141. The van der Waals surface area contributed by atoms with Crippen molar-refractivity contribution in [2.24, 2.45) is 0 Å². The number of nitrogens with one attached hydrogen (secondary N) is 1. The van der Waals surface area contributed by atoms with Crippen LogP contribution in [0.2, 0.25) is 0 Å². The summed E-state index contributed by atoms with van der Waals surface area (Å²) >= 11 is 3.56. The second-order valence-electron chi connectivity index (χ2n) is 9.10. The molecule has 2 N–H and O–H groups in total. The van der Waals surface area contributed by atoms with E-state index in [2.05, 4.69) is 56.3 Å². The fourth-order valence-electron chi connectivity index (χ4n) is 5.03. The van der Waals surface area contributed by atoms with Crippen LogP contribution in [-0.4, -0.2) is 56.8 Å². The standard InChI is InChI=1S/C24H26BrN5O3/c1-14(2)27-22-19(25)10-15(12-26-22)23-28-21(29-33-23)17-4-3-5-18-16(17)6-7-24(18)11-20(32)30(13-24)8-9-31/h3-5,10,12,14,31H,6-9,11,13H2,1-2H3,(H,26,27)/t24-/m0/s1. The van der Waals surface area contributed by atoms with E-state index in [4.69, 9.17) is 4.52 Å². The molecule has 33 heavy (non-hydrogen) atoms. The number of nitrogens with zero attached hydrogens (tertiary/aromatic N) is 4. The summed E-state index contributed by atoms with van der Waals surface area (Å²) in [4.78, 5) is 23.4. The average molecular weight is 512 g/mol. The lowest BCUT2D eigenvalue weighted by atomic mass is 9.80. The van der Waals surface area contributed by atoms with E-state index < -0.39 is 0 Å². The molecule has 0 bridgehead atoms. The van der Waals surface area contributed by atoms with Crippen molar-refractivity contribution in [1.82, 2.24) is 20.0 Å². The summed E-state index contributed by atoms with van der Waals surface area (Å²) in [5.41, 5.74) is 3.85. The van der Waals surface area contributed by atoms with Crippen molar-refractivity contribution in [3.63, 3.8) is 0 Å². The van der Waals surface area contributed by atoms with Gasteiger partial charge in [0, 0.05) is 42.7 Å². The van der Waals surface area contributed by atoms with Gasteiger partial charge in [-0.3, -0.25) is 4.79 Å². The number of anilines is 1. The zero-order chi connectivity index (χ0) is 23.2. The second-order valence-corrected chi connectivity index (χ2v) is 9.96. The number of β-amino-alcohol motifs (C(OH)–C–C–N with tert-alkyl or cyclic N) is 1. The van der Waals surface area contributed by atoms with E-state index in [1.165, 1.54) is 11.1 Å². The predicted molar refractivity (Wildman–Crippen MR) is 128 cm³/mol. The summed E-state index contributed by atoms with van der Waals surface area (Å²) < 4.78 is 6.42. The van der Waals surface area contributed by atoms with Crippen molar-refractivity contribution < 1.29 is 14.4 Å². The van der Waals surface area contributed by atoms with Crippen molar-refractivity contribution in [1.29, 1.82) is 0 Å². The van der Waals surface area contributed by atoms with Crippen LogP contribution in [0.3, 0.4) is 0 Å². The third kappa shape index (κ3) is 3.93. The Morgan fingerprint density at radius 2 is 2.21 bits per heavy atom. The molecule has 1 fully saturated rings. The molecule has 5 rings (SSSR count). The van der Waals surface area contributed by atoms with Gasteiger partial charge < -0.3 is 19.8 Å². The molecule has 1 spiro atoms. The molecule has 0 radical (unpaired) electrons. The summed E-state index contributed by atoms with van der Waals surface area (Å²) in [5.74, 6) is 1.82. The molecule has 1 amide bonds. The van der Waals surface area contributed by atoms with Gasteiger partial charge in [-0.2, -0.15) is 4.98 Å². The molecule has 1 atom stereocenters. The lowest BCUT2D eigenvalue weighted by Gasteiger charge is -2.24. The SMILES string of the molecule is CC(C)Nc1ncc(-c2nc(-c3cccc4c3CC[C@@]43CC(=O)N(CCO)C3)no2)cc1Br. The van der Waals surface area contributed by atoms with E-state index in [0.717, 1.165) is 34.3 Å². The normalized spacial score (nSPS) is 19.7. The first-order valence-electron chi connectivity index (χ1n) is 11.2. The first kappa shape index (κ1) is 22.0. The van der Waals surface area contributed by atoms with Gasteiger partial charge in [0.2, 0.25) is 11.7 Å². The summed E-state index contributed by atoms with van der Waals surface area (Å²) in [7, 11) is 0. The van der Waals surface area contributed by atoms with Gasteiger partial charge in [-0.15, -0.1) is 0 Å². The maximum Gasteiger partial charge on any atom is 0.259 e. The number of benzene rings is 1. The van der Waals surface area contributed by atoms with Crippen LogP contribution in [0.4, 0.5) is 5.82 Å². The van der Waals surface area contributed by atoms with Gasteiger partial charge in [0.15, 0.2) is 0 Å². The van der Waals surface area contributed by atoms with Gasteiger partial charge in [0.1, 0.15) is 5.82 Å². The molecule has 0 unspecified atom stereocenters. The van der Waals surface area contributed by atoms with Crippen LogP contribution in [0.25, 0.3) is 22.8 Å². The van der Waals surface area contributed by atoms with Crippen LogP contribution in [0.5, 0.6) is 0 Å². The van der Waals surface area contributed by atoms with Gasteiger partial charge >= 0.3 is 0 Å². The lowest BCUT2D eigenvalue weighted by molar-refractivity contribution is -0.128. The number of fused-ring (bicyclic) bond motifs is 2. The van der Waals surface area contributed by atoms with Crippen molar-refractivity contribution in [2.45, 2.75) is 44.6 Å². The third-order valence-corrected chi connectivity index (χ3v) is 7.09. The Balaban J connectivity index is 1.45. The molecule has 172 valence electrons. The largest absolute Gasteiger partial charge is 0.395 e. The number of hydrogen-bond acceptors (Lipinski definition) is 7. The summed E-state index contributed by atoms with van der Waals surface area (Å²) in [6, 6.07) is 8.31. The van der Waals surface area contributed by atoms with Crippen LogP contribution >= 0.6 is 15.9 Å². The Morgan fingerprint density at radius 1 is 1.36 bits per heavy atom. The Labute approximate surface area is 200 Å². The molecule has 3 heterocycles. The van der Waals surface area contributed by atoms with Gasteiger partial charge in [0.05, 0.1) is 16.6 Å². The van der Waals surface area contributed by atoms with E-state index in [1.54, 1.807) is 11.1 Å². The highest BCUT2D eigenvalue weighted by atomic mass is 79.9. The van der Waals surface area contributed by atoms with Crippen LogP contribution in [-0.2, 0) is 16.6 Å². The van der Waals surface area contributed by atoms with E-state index in [1.807, 2.05) is 18.2 Å². The van der Waals surface area contributed by atoms with Crippen molar-refractivity contribution >= 4 is 27.7 Å². The molecule has 9 heteroatoms. The molecular weight excluding hydrogens is 486 g/mol. The zero-order valence-electron chi connectivity index (χ0n) is 18.6. The molecule has 1 saturated heterocycles. The Morgan fingerprint density at radius 3 is 2.97 bits per heavy atom. The summed E-state index contributed by atoms with van der Waals surface area (Å²) in [6.07, 6.45) is 3.96. The van der Waals surface area contributed by atoms with Gasteiger partial charge in [-0.25, -0.2) is 4.98 Å². The molecule has 3 aromatic rings. The summed E-state index contributed by atoms with van der Waals surface area (Å²) in [5, 5.41) is 16.8. The molecule has 8 nitrogen and oxygen atoms in total. The smallest absolute Gasteiger partial charge is 0.259 e. The van der Waals surface area contributed by atoms with Gasteiger partial charge in [0.25, 0.3) is 5.89 Å². The average Bonchev–Trinajstić information content (AvgIpc) is 3.48. The number of aromatic nitrogens is 3. The minimum atomic E-state index is -0.196. The maximum atomic E-state index is 12.5. The highest BCUT2D eigenvalue weighted by molar-refractivity contribution is 9.10. The number of halogens is 1. The van der Waals surface area contributed by atoms with Gasteiger partial charge in [-0.05, 0) is 59.8 Å². The number of likely N-dealkylation sites (tertiary alicyclic amines) is 1. The van der Waals surface area contributed by atoms with Crippen molar-refractivity contribution in [3.05, 3.63) is 46.1 Å². The number of amides is 1. The number of carbonyl (C=O) groups excluding carboxylic acids is 1. The predicted octanol–water partition coefficient (Wildman–Crippen LogP) is 3.79. The Hall–Kier alpha value is -2.78. The van der Waals surface area contributed by atoms with E-state index in [9.17, 15) is 9.90 Å². The molecular formula is C24H26BrN5O3. The number of hydrogen-bond donors (Lipinski definition) is 2. The highest BCUT2D eigenvalue weighted by Gasteiger charge is 2.48. The summed E-state index contributed by atoms with van der Waals surface area (Å²) in [6.45, 7) is 5.14. The monoisotopic (exact) mass is 511 g/mol. The first-order chi connectivity index (χ1) is 15.9. The Kier molecular flexibility index (Phi) is 5.70. The fraction of sp³-hybridized carbons (Fsp3) is 0.417.